The summed E-state index contributed by atoms with van der Waals surface area (Å²) in [6.07, 6.45) is 13.7. The van der Waals surface area contributed by atoms with Crippen LogP contribution in [0.4, 0.5) is 0 Å². The molecular weight excluding hydrogens is 259 g/mol. The van der Waals surface area contributed by atoms with Gasteiger partial charge >= 0.3 is 8.60 Å². The highest BCUT2D eigenvalue weighted by Crippen LogP contribution is 2.54. The fourth-order valence-corrected chi connectivity index (χ4v) is 4.19. The van der Waals surface area contributed by atoms with Gasteiger partial charge in [0.15, 0.2) is 0 Å². The zero-order valence-corrected chi connectivity index (χ0v) is 13.3. The van der Waals surface area contributed by atoms with Crippen molar-refractivity contribution in [2.75, 3.05) is 19.8 Å². The molecule has 0 aromatic heterocycles. The molecule has 112 valence electrons. The SMILES string of the molecule is CCCCCCCCCCCC12COP(OC1)OC2. The molecule has 3 nitrogen and oxygen atoms in total. The van der Waals surface area contributed by atoms with E-state index in [1.54, 1.807) is 0 Å². The zero-order chi connectivity index (χ0) is 13.4. The average Bonchev–Trinajstić information content (AvgIpc) is 2.47. The first kappa shape index (κ1) is 15.7. The van der Waals surface area contributed by atoms with Crippen molar-refractivity contribution in [3.05, 3.63) is 0 Å². The molecule has 0 amide bonds. The van der Waals surface area contributed by atoms with Crippen LogP contribution in [0.2, 0.25) is 0 Å². The van der Waals surface area contributed by atoms with E-state index in [2.05, 4.69) is 6.92 Å². The average molecular weight is 288 g/mol. The van der Waals surface area contributed by atoms with Gasteiger partial charge in [-0.3, -0.25) is 0 Å². The highest BCUT2D eigenvalue weighted by atomic mass is 31.2. The van der Waals surface area contributed by atoms with Crippen molar-refractivity contribution in [3.63, 3.8) is 0 Å². The molecule has 4 heteroatoms. The number of hydrogen-bond donors (Lipinski definition) is 0. The van der Waals surface area contributed by atoms with Gasteiger partial charge < -0.3 is 13.6 Å². The quantitative estimate of drug-likeness (QED) is 0.408. The second-order valence-electron chi connectivity index (χ2n) is 6.12. The van der Waals surface area contributed by atoms with Crippen LogP contribution in [-0.2, 0) is 13.6 Å². The molecule has 3 rings (SSSR count). The summed E-state index contributed by atoms with van der Waals surface area (Å²) < 4.78 is 16.6. The monoisotopic (exact) mass is 288 g/mol. The van der Waals surface area contributed by atoms with Crippen molar-refractivity contribution in [1.29, 1.82) is 0 Å². The van der Waals surface area contributed by atoms with Gasteiger partial charge in [-0.2, -0.15) is 0 Å². The summed E-state index contributed by atoms with van der Waals surface area (Å²) in [5, 5.41) is 0. The summed E-state index contributed by atoms with van der Waals surface area (Å²) >= 11 is 0. The maximum Gasteiger partial charge on any atom is 0.332 e. The largest absolute Gasteiger partial charge is 0.332 e. The van der Waals surface area contributed by atoms with Gasteiger partial charge in [0.1, 0.15) is 0 Å². The molecule has 0 aliphatic carbocycles. The molecule has 3 aliphatic rings. The minimum absolute atomic E-state index is 0.179. The molecule has 3 heterocycles. The topological polar surface area (TPSA) is 27.7 Å². The normalized spacial score (nSPS) is 29.8. The van der Waals surface area contributed by atoms with Gasteiger partial charge in [0.25, 0.3) is 0 Å². The number of rotatable bonds is 10. The number of fused-ring (bicyclic) bond motifs is 3. The van der Waals surface area contributed by atoms with E-state index in [1.165, 1.54) is 64.2 Å². The fraction of sp³-hybridized carbons (Fsp3) is 1.00. The summed E-state index contributed by atoms with van der Waals surface area (Å²) in [5.41, 5.74) is 0.179. The molecule has 3 fully saturated rings. The van der Waals surface area contributed by atoms with Gasteiger partial charge in [0.2, 0.25) is 0 Å². The second kappa shape index (κ2) is 8.56. The van der Waals surface area contributed by atoms with Crippen molar-refractivity contribution in [1.82, 2.24) is 0 Å². The second-order valence-corrected chi connectivity index (χ2v) is 7.34. The van der Waals surface area contributed by atoms with Crippen molar-refractivity contribution in [2.45, 2.75) is 71.1 Å². The van der Waals surface area contributed by atoms with Crippen LogP contribution in [0.3, 0.4) is 0 Å². The predicted molar refractivity (Wildman–Crippen MR) is 79.1 cm³/mol. The van der Waals surface area contributed by atoms with Crippen LogP contribution in [0.1, 0.15) is 71.1 Å². The first-order valence-electron chi connectivity index (χ1n) is 8.04. The Balaban J connectivity index is 1.43. The van der Waals surface area contributed by atoms with E-state index in [-0.39, 0.29) is 5.41 Å². The van der Waals surface area contributed by atoms with Crippen LogP contribution >= 0.6 is 8.60 Å². The zero-order valence-electron chi connectivity index (χ0n) is 12.4. The molecule has 0 aromatic carbocycles. The van der Waals surface area contributed by atoms with E-state index in [0.717, 1.165) is 19.8 Å². The Morgan fingerprint density at radius 3 is 1.74 bits per heavy atom. The van der Waals surface area contributed by atoms with Crippen LogP contribution in [0.5, 0.6) is 0 Å². The van der Waals surface area contributed by atoms with E-state index in [0.29, 0.717) is 0 Å². The lowest BCUT2D eigenvalue weighted by Crippen LogP contribution is -2.43. The van der Waals surface area contributed by atoms with Gasteiger partial charge in [-0.05, 0) is 6.42 Å². The van der Waals surface area contributed by atoms with Crippen molar-refractivity contribution in [2.24, 2.45) is 5.41 Å². The van der Waals surface area contributed by atoms with E-state index >= 15 is 0 Å². The van der Waals surface area contributed by atoms with Crippen LogP contribution in [0, 0.1) is 5.41 Å². The summed E-state index contributed by atoms with van der Waals surface area (Å²) in [4.78, 5) is 0. The molecular formula is C15H29O3P. The Bertz CT molecular complexity index is 226. The Morgan fingerprint density at radius 2 is 1.21 bits per heavy atom. The van der Waals surface area contributed by atoms with Gasteiger partial charge in [-0.15, -0.1) is 0 Å². The van der Waals surface area contributed by atoms with Crippen molar-refractivity contribution < 1.29 is 13.6 Å². The lowest BCUT2D eigenvalue weighted by molar-refractivity contribution is -0.0778. The lowest BCUT2D eigenvalue weighted by Gasteiger charge is -2.44. The Hall–Kier alpha value is 0.310. The number of unbranched alkanes of at least 4 members (excludes halogenated alkanes) is 8. The summed E-state index contributed by atoms with van der Waals surface area (Å²) in [7, 11) is -0.967. The Labute approximate surface area is 119 Å². The maximum atomic E-state index is 5.53. The third-order valence-corrected chi connectivity index (χ3v) is 5.26. The van der Waals surface area contributed by atoms with Gasteiger partial charge in [-0.25, -0.2) is 0 Å². The third-order valence-electron chi connectivity index (χ3n) is 4.24. The molecule has 2 bridgehead atoms. The van der Waals surface area contributed by atoms with Gasteiger partial charge in [0, 0.05) is 5.41 Å². The van der Waals surface area contributed by atoms with Gasteiger partial charge in [0.05, 0.1) is 19.8 Å². The third kappa shape index (κ3) is 5.30. The van der Waals surface area contributed by atoms with E-state index < -0.39 is 8.60 Å². The first-order valence-corrected chi connectivity index (χ1v) is 9.13. The molecule has 0 saturated carbocycles. The predicted octanol–water partition coefficient (Wildman–Crippen LogP) is 5.20. The van der Waals surface area contributed by atoms with E-state index in [1.807, 2.05) is 0 Å². The molecule has 0 radical (unpaired) electrons. The summed E-state index contributed by atoms with van der Waals surface area (Å²) in [6, 6.07) is 0. The lowest BCUT2D eigenvalue weighted by atomic mass is 9.85. The molecule has 3 aliphatic heterocycles. The van der Waals surface area contributed by atoms with E-state index in [9.17, 15) is 0 Å². The minimum Gasteiger partial charge on any atom is -0.311 e. The molecule has 0 N–H and O–H groups in total. The highest BCUT2D eigenvalue weighted by molar-refractivity contribution is 7.41. The molecule has 0 aromatic rings. The van der Waals surface area contributed by atoms with Crippen LogP contribution < -0.4 is 0 Å². The maximum absolute atomic E-state index is 5.53. The molecule has 0 spiro atoms. The standard InChI is InChI=1S/C15H29O3P/c1-2-3-4-5-6-7-8-9-10-11-15-12-16-19(17-13-15)18-14-15/h2-14H2,1H3. The molecule has 0 atom stereocenters. The summed E-state index contributed by atoms with van der Waals surface area (Å²) in [6.45, 7) is 4.84. The Morgan fingerprint density at radius 1 is 0.737 bits per heavy atom. The highest BCUT2D eigenvalue weighted by Gasteiger charge is 2.43. The van der Waals surface area contributed by atoms with E-state index in [4.69, 9.17) is 13.6 Å². The molecule has 19 heavy (non-hydrogen) atoms. The fourth-order valence-electron chi connectivity index (χ4n) is 2.83. The minimum atomic E-state index is -0.967. The molecule has 3 saturated heterocycles. The van der Waals surface area contributed by atoms with Crippen LogP contribution in [0.15, 0.2) is 0 Å². The summed E-state index contributed by atoms with van der Waals surface area (Å²) in [5.74, 6) is 0. The van der Waals surface area contributed by atoms with Gasteiger partial charge in [-0.1, -0.05) is 64.7 Å². The van der Waals surface area contributed by atoms with Crippen LogP contribution in [0.25, 0.3) is 0 Å². The first-order chi connectivity index (χ1) is 9.35. The molecule has 0 unspecified atom stereocenters. The van der Waals surface area contributed by atoms with Crippen LogP contribution in [-0.4, -0.2) is 19.8 Å². The van der Waals surface area contributed by atoms with Crippen molar-refractivity contribution >= 4 is 8.60 Å². The Kier molecular flexibility index (Phi) is 7.07. The smallest absolute Gasteiger partial charge is 0.311 e. The number of hydrogen-bond acceptors (Lipinski definition) is 3. The van der Waals surface area contributed by atoms with Crippen molar-refractivity contribution in [3.8, 4) is 0 Å².